The highest BCUT2D eigenvalue weighted by Crippen LogP contribution is 2.19. The monoisotopic (exact) mass is 148 g/mol. The Balaban J connectivity index is 2.36. The van der Waals surface area contributed by atoms with Crippen molar-refractivity contribution >= 4 is 0 Å². The van der Waals surface area contributed by atoms with E-state index in [1.165, 1.54) is 7.11 Å². The standard InChI is InChI=1S/C6H12O4/c1-9-6-2-4(8)5(3-7)10-6/h4-8H,2-3H2,1H3/t4-,5?,6?/m0/s1. The van der Waals surface area contributed by atoms with Crippen molar-refractivity contribution in [3.63, 3.8) is 0 Å². The molecule has 1 saturated heterocycles. The Morgan fingerprint density at radius 3 is 2.70 bits per heavy atom. The summed E-state index contributed by atoms with van der Waals surface area (Å²) in [6.45, 7) is -0.152. The van der Waals surface area contributed by atoms with Crippen LogP contribution in [0, 0.1) is 0 Å². The average molecular weight is 148 g/mol. The Labute approximate surface area is 59.4 Å². The third-order valence-corrected chi connectivity index (χ3v) is 1.63. The lowest BCUT2D eigenvalue weighted by atomic mass is 10.2. The van der Waals surface area contributed by atoms with Gasteiger partial charge in [0, 0.05) is 13.5 Å². The summed E-state index contributed by atoms with van der Waals surface area (Å²) in [6, 6.07) is 0. The van der Waals surface area contributed by atoms with Crippen LogP contribution >= 0.6 is 0 Å². The van der Waals surface area contributed by atoms with Crippen molar-refractivity contribution < 1.29 is 19.7 Å². The van der Waals surface area contributed by atoms with Crippen LogP contribution in [0.5, 0.6) is 0 Å². The summed E-state index contributed by atoms with van der Waals surface area (Å²) in [5, 5.41) is 17.7. The highest BCUT2D eigenvalue weighted by atomic mass is 16.7. The lowest BCUT2D eigenvalue weighted by Crippen LogP contribution is -2.24. The van der Waals surface area contributed by atoms with E-state index >= 15 is 0 Å². The summed E-state index contributed by atoms with van der Waals surface area (Å²) in [5.74, 6) is 0. The number of ether oxygens (including phenoxy) is 2. The molecule has 0 spiro atoms. The predicted octanol–water partition coefficient (Wildman–Crippen LogP) is -0.899. The lowest BCUT2D eigenvalue weighted by molar-refractivity contribution is -0.127. The minimum atomic E-state index is -0.588. The first-order valence-electron chi connectivity index (χ1n) is 3.25. The van der Waals surface area contributed by atoms with Crippen molar-refractivity contribution in [3.05, 3.63) is 0 Å². The maximum atomic E-state index is 9.13. The van der Waals surface area contributed by atoms with Gasteiger partial charge in [-0.3, -0.25) is 0 Å². The molecule has 1 rings (SSSR count). The molecule has 0 aliphatic carbocycles. The van der Waals surface area contributed by atoms with Crippen LogP contribution in [0.3, 0.4) is 0 Å². The van der Waals surface area contributed by atoms with Gasteiger partial charge in [0.25, 0.3) is 0 Å². The van der Waals surface area contributed by atoms with Crippen LogP contribution in [-0.4, -0.2) is 42.4 Å². The van der Waals surface area contributed by atoms with Crippen LogP contribution in [0.2, 0.25) is 0 Å². The molecule has 0 radical (unpaired) electrons. The lowest BCUT2D eigenvalue weighted by Gasteiger charge is -2.09. The first kappa shape index (κ1) is 7.94. The van der Waals surface area contributed by atoms with Crippen LogP contribution in [0.4, 0.5) is 0 Å². The number of hydrogen-bond donors (Lipinski definition) is 2. The first-order chi connectivity index (χ1) is 4.77. The van der Waals surface area contributed by atoms with Gasteiger partial charge in [0.05, 0.1) is 12.7 Å². The SMILES string of the molecule is COC1C[C@H](O)C(CO)O1. The van der Waals surface area contributed by atoms with Crippen molar-refractivity contribution in [2.75, 3.05) is 13.7 Å². The van der Waals surface area contributed by atoms with Crippen LogP contribution < -0.4 is 0 Å². The second kappa shape index (κ2) is 3.30. The van der Waals surface area contributed by atoms with Gasteiger partial charge in [-0.05, 0) is 0 Å². The fourth-order valence-corrected chi connectivity index (χ4v) is 1.01. The molecule has 2 N–H and O–H groups in total. The van der Waals surface area contributed by atoms with Gasteiger partial charge < -0.3 is 19.7 Å². The van der Waals surface area contributed by atoms with Gasteiger partial charge >= 0.3 is 0 Å². The minimum Gasteiger partial charge on any atom is -0.394 e. The predicted molar refractivity (Wildman–Crippen MR) is 33.4 cm³/mol. The second-order valence-electron chi connectivity index (χ2n) is 2.33. The molecular weight excluding hydrogens is 136 g/mol. The molecule has 1 heterocycles. The van der Waals surface area contributed by atoms with E-state index in [0.29, 0.717) is 6.42 Å². The van der Waals surface area contributed by atoms with Crippen LogP contribution in [0.25, 0.3) is 0 Å². The largest absolute Gasteiger partial charge is 0.394 e. The van der Waals surface area contributed by atoms with Gasteiger partial charge in [0.1, 0.15) is 6.10 Å². The van der Waals surface area contributed by atoms with E-state index in [0.717, 1.165) is 0 Å². The van der Waals surface area contributed by atoms with Crippen LogP contribution in [0.1, 0.15) is 6.42 Å². The highest BCUT2D eigenvalue weighted by Gasteiger charge is 2.32. The maximum Gasteiger partial charge on any atom is 0.160 e. The molecule has 0 aromatic heterocycles. The molecule has 2 unspecified atom stereocenters. The molecule has 0 amide bonds. The molecule has 4 heteroatoms. The number of rotatable bonds is 2. The van der Waals surface area contributed by atoms with E-state index in [1.807, 2.05) is 0 Å². The van der Waals surface area contributed by atoms with Gasteiger partial charge in [-0.1, -0.05) is 0 Å². The third-order valence-electron chi connectivity index (χ3n) is 1.63. The zero-order chi connectivity index (χ0) is 7.56. The van der Waals surface area contributed by atoms with Gasteiger partial charge in [-0.2, -0.15) is 0 Å². The molecule has 3 atom stereocenters. The summed E-state index contributed by atoms with van der Waals surface area (Å²) in [7, 11) is 1.51. The summed E-state index contributed by atoms with van der Waals surface area (Å²) in [4.78, 5) is 0. The molecule has 0 aromatic rings. The molecule has 0 aromatic carbocycles. The Morgan fingerprint density at radius 2 is 2.40 bits per heavy atom. The second-order valence-corrected chi connectivity index (χ2v) is 2.33. The molecule has 1 fully saturated rings. The Morgan fingerprint density at radius 1 is 1.70 bits per heavy atom. The maximum absolute atomic E-state index is 9.13. The van der Waals surface area contributed by atoms with E-state index in [2.05, 4.69) is 0 Å². The molecule has 0 bridgehead atoms. The van der Waals surface area contributed by atoms with E-state index < -0.39 is 12.2 Å². The number of aliphatic hydroxyl groups is 2. The van der Waals surface area contributed by atoms with E-state index in [-0.39, 0.29) is 12.9 Å². The highest BCUT2D eigenvalue weighted by molar-refractivity contribution is 4.76. The molecule has 10 heavy (non-hydrogen) atoms. The van der Waals surface area contributed by atoms with Crippen molar-refractivity contribution in [2.45, 2.75) is 24.9 Å². The average Bonchev–Trinajstić information content (AvgIpc) is 2.30. The van der Waals surface area contributed by atoms with Gasteiger partial charge in [0.2, 0.25) is 0 Å². The number of hydrogen-bond acceptors (Lipinski definition) is 4. The van der Waals surface area contributed by atoms with Crippen LogP contribution in [0.15, 0.2) is 0 Å². The molecule has 1 aliphatic heterocycles. The van der Waals surface area contributed by atoms with Gasteiger partial charge in [0.15, 0.2) is 6.29 Å². The van der Waals surface area contributed by atoms with E-state index in [4.69, 9.17) is 19.7 Å². The zero-order valence-electron chi connectivity index (χ0n) is 5.86. The molecule has 0 saturated carbocycles. The van der Waals surface area contributed by atoms with Gasteiger partial charge in [-0.15, -0.1) is 0 Å². The normalized spacial score (nSPS) is 40.5. The number of methoxy groups -OCH3 is 1. The molecule has 1 aliphatic rings. The summed E-state index contributed by atoms with van der Waals surface area (Å²) in [5.41, 5.74) is 0. The number of aliphatic hydroxyl groups excluding tert-OH is 2. The molecule has 4 nitrogen and oxygen atoms in total. The van der Waals surface area contributed by atoms with Crippen molar-refractivity contribution in [2.24, 2.45) is 0 Å². The van der Waals surface area contributed by atoms with Crippen molar-refractivity contribution in [1.29, 1.82) is 0 Å². The zero-order valence-corrected chi connectivity index (χ0v) is 5.86. The molecule has 60 valence electrons. The smallest absolute Gasteiger partial charge is 0.160 e. The quantitative estimate of drug-likeness (QED) is 0.533. The Kier molecular flexibility index (Phi) is 2.62. The summed E-state index contributed by atoms with van der Waals surface area (Å²) < 4.78 is 9.87. The fourth-order valence-electron chi connectivity index (χ4n) is 1.01. The molecular formula is C6H12O4. The van der Waals surface area contributed by atoms with Crippen LogP contribution in [-0.2, 0) is 9.47 Å². The minimum absolute atomic E-state index is 0.152. The van der Waals surface area contributed by atoms with Gasteiger partial charge in [-0.25, -0.2) is 0 Å². The Bertz CT molecular complexity index is 106. The third kappa shape index (κ3) is 1.46. The van der Waals surface area contributed by atoms with E-state index in [9.17, 15) is 0 Å². The van der Waals surface area contributed by atoms with E-state index in [1.54, 1.807) is 0 Å². The topological polar surface area (TPSA) is 58.9 Å². The Hall–Kier alpha value is -0.160. The summed E-state index contributed by atoms with van der Waals surface area (Å²) in [6.07, 6.45) is -0.964. The first-order valence-corrected chi connectivity index (χ1v) is 3.25. The summed E-state index contributed by atoms with van der Waals surface area (Å²) >= 11 is 0. The fraction of sp³-hybridized carbons (Fsp3) is 1.00. The van der Waals surface area contributed by atoms with Crippen molar-refractivity contribution in [1.82, 2.24) is 0 Å². The van der Waals surface area contributed by atoms with Crippen molar-refractivity contribution in [3.8, 4) is 0 Å².